The second-order valence-corrected chi connectivity index (χ2v) is 6.10. The minimum Gasteiger partial charge on any atom is -0.192 e. The van der Waals surface area contributed by atoms with Crippen molar-refractivity contribution < 1.29 is 0 Å². The summed E-state index contributed by atoms with van der Waals surface area (Å²) < 4.78 is 0. The van der Waals surface area contributed by atoms with Crippen LogP contribution in [0.1, 0.15) is 37.7 Å². The molecule has 2 nitrogen and oxygen atoms in total. The molecule has 1 aliphatic rings. The SMILES string of the molecule is N#CC(C#N)=Cc1ccc(SC2CCCCC2)cc1. The van der Waals surface area contributed by atoms with Gasteiger partial charge < -0.3 is 0 Å². The van der Waals surface area contributed by atoms with Crippen molar-refractivity contribution in [1.82, 2.24) is 0 Å². The van der Waals surface area contributed by atoms with E-state index in [2.05, 4.69) is 12.1 Å². The number of nitriles is 2. The first-order chi connectivity index (χ1) is 9.31. The van der Waals surface area contributed by atoms with Crippen molar-refractivity contribution in [2.45, 2.75) is 42.2 Å². The van der Waals surface area contributed by atoms with E-state index in [1.165, 1.54) is 37.0 Å². The number of benzene rings is 1. The van der Waals surface area contributed by atoms with Crippen LogP contribution in [0, 0.1) is 22.7 Å². The van der Waals surface area contributed by atoms with Gasteiger partial charge in [-0.15, -0.1) is 11.8 Å². The van der Waals surface area contributed by atoms with E-state index in [0.717, 1.165) is 10.8 Å². The highest BCUT2D eigenvalue weighted by atomic mass is 32.2. The topological polar surface area (TPSA) is 47.6 Å². The molecular formula is C16H16N2S. The normalized spacial score (nSPS) is 15.3. The van der Waals surface area contributed by atoms with Crippen LogP contribution in [0.2, 0.25) is 0 Å². The van der Waals surface area contributed by atoms with Gasteiger partial charge in [-0.1, -0.05) is 31.4 Å². The summed E-state index contributed by atoms with van der Waals surface area (Å²) in [6.07, 6.45) is 8.35. The van der Waals surface area contributed by atoms with Gasteiger partial charge in [0.05, 0.1) is 0 Å². The van der Waals surface area contributed by atoms with Gasteiger partial charge in [0, 0.05) is 10.1 Å². The van der Waals surface area contributed by atoms with Gasteiger partial charge in [0.2, 0.25) is 0 Å². The van der Waals surface area contributed by atoms with E-state index >= 15 is 0 Å². The molecule has 0 N–H and O–H groups in total. The Hall–Kier alpha value is -1.71. The summed E-state index contributed by atoms with van der Waals surface area (Å²) in [7, 11) is 0. The highest BCUT2D eigenvalue weighted by Crippen LogP contribution is 2.33. The van der Waals surface area contributed by atoms with Gasteiger partial charge in [-0.3, -0.25) is 0 Å². The monoisotopic (exact) mass is 268 g/mol. The van der Waals surface area contributed by atoms with Gasteiger partial charge in [-0.05, 0) is 36.6 Å². The third kappa shape index (κ3) is 4.16. The quantitative estimate of drug-likeness (QED) is 0.756. The van der Waals surface area contributed by atoms with Crippen LogP contribution in [0.25, 0.3) is 6.08 Å². The zero-order valence-corrected chi connectivity index (χ0v) is 11.6. The van der Waals surface area contributed by atoms with Crippen molar-refractivity contribution in [3.05, 3.63) is 35.4 Å². The molecule has 2 rings (SSSR count). The smallest absolute Gasteiger partial charge is 0.130 e. The fourth-order valence-electron chi connectivity index (χ4n) is 2.27. The molecule has 1 aromatic rings. The molecule has 0 atom stereocenters. The molecule has 0 spiro atoms. The van der Waals surface area contributed by atoms with Crippen molar-refractivity contribution in [2.75, 3.05) is 0 Å². The molecule has 1 aromatic carbocycles. The number of thioether (sulfide) groups is 1. The summed E-state index contributed by atoms with van der Waals surface area (Å²) in [6.45, 7) is 0. The van der Waals surface area contributed by atoms with E-state index in [-0.39, 0.29) is 5.57 Å². The predicted molar refractivity (Wildman–Crippen MR) is 78.4 cm³/mol. The summed E-state index contributed by atoms with van der Waals surface area (Å²) in [5, 5.41) is 18.2. The van der Waals surface area contributed by atoms with Crippen LogP contribution in [0.5, 0.6) is 0 Å². The van der Waals surface area contributed by atoms with E-state index in [1.54, 1.807) is 6.08 Å². The second-order valence-electron chi connectivity index (χ2n) is 4.73. The molecule has 0 amide bonds. The Morgan fingerprint density at radius 1 is 1.05 bits per heavy atom. The Morgan fingerprint density at radius 2 is 1.68 bits per heavy atom. The minimum absolute atomic E-state index is 0.146. The minimum atomic E-state index is 0.146. The molecule has 0 radical (unpaired) electrons. The average molecular weight is 268 g/mol. The van der Waals surface area contributed by atoms with E-state index in [4.69, 9.17) is 10.5 Å². The highest BCUT2D eigenvalue weighted by molar-refractivity contribution is 8.00. The Kier molecular flexibility index (Phi) is 5.07. The molecule has 0 aromatic heterocycles. The summed E-state index contributed by atoms with van der Waals surface area (Å²) in [4.78, 5) is 1.28. The number of hydrogen-bond acceptors (Lipinski definition) is 3. The molecule has 0 bridgehead atoms. The number of rotatable bonds is 3. The zero-order chi connectivity index (χ0) is 13.5. The van der Waals surface area contributed by atoms with Gasteiger partial charge >= 0.3 is 0 Å². The number of nitrogens with zero attached hydrogens (tertiary/aromatic N) is 2. The maximum absolute atomic E-state index is 8.71. The van der Waals surface area contributed by atoms with Crippen LogP contribution in [0.15, 0.2) is 34.7 Å². The molecule has 96 valence electrons. The maximum atomic E-state index is 8.71. The van der Waals surface area contributed by atoms with Gasteiger partial charge in [-0.2, -0.15) is 10.5 Å². The Bertz CT molecular complexity index is 509. The van der Waals surface area contributed by atoms with Crippen LogP contribution in [0.4, 0.5) is 0 Å². The fraction of sp³-hybridized carbons (Fsp3) is 0.375. The second kappa shape index (κ2) is 7.02. The van der Waals surface area contributed by atoms with Crippen LogP contribution in [-0.4, -0.2) is 5.25 Å². The first-order valence-corrected chi connectivity index (χ1v) is 7.48. The zero-order valence-electron chi connectivity index (χ0n) is 10.8. The molecule has 3 heteroatoms. The van der Waals surface area contributed by atoms with Gasteiger partial charge in [0.15, 0.2) is 0 Å². The fourth-order valence-corrected chi connectivity index (χ4v) is 3.52. The molecule has 1 fully saturated rings. The molecular weight excluding hydrogens is 252 g/mol. The largest absolute Gasteiger partial charge is 0.192 e. The molecule has 0 saturated heterocycles. The first-order valence-electron chi connectivity index (χ1n) is 6.60. The summed E-state index contributed by atoms with van der Waals surface area (Å²) >= 11 is 1.95. The van der Waals surface area contributed by atoms with E-state index < -0.39 is 0 Å². The van der Waals surface area contributed by atoms with Crippen molar-refractivity contribution >= 4 is 17.8 Å². The van der Waals surface area contributed by atoms with Crippen molar-refractivity contribution in [2.24, 2.45) is 0 Å². The van der Waals surface area contributed by atoms with Crippen molar-refractivity contribution in [3.63, 3.8) is 0 Å². The predicted octanol–water partition coefficient (Wildman–Crippen LogP) is 4.54. The molecule has 0 aliphatic heterocycles. The van der Waals surface area contributed by atoms with Crippen LogP contribution < -0.4 is 0 Å². The van der Waals surface area contributed by atoms with E-state index in [9.17, 15) is 0 Å². The molecule has 1 aliphatic carbocycles. The summed E-state index contributed by atoms with van der Waals surface area (Å²) in [5.41, 5.74) is 1.05. The van der Waals surface area contributed by atoms with Gasteiger partial charge in [0.1, 0.15) is 17.7 Å². The van der Waals surface area contributed by atoms with Crippen LogP contribution in [0.3, 0.4) is 0 Å². The number of hydrogen-bond donors (Lipinski definition) is 0. The lowest BCUT2D eigenvalue weighted by atomic mass is 10.0. The highest BCUT2D eigenvalue weighted by Gasteiger charge is 2.14. The molecule has 0 unspecified atom stereocenters. The standard InChI is InChI=1S/C16H16N2S/c17-11-14(12-18)10-13-6-8-16(9-7-13)19-15-4-2-1-3-5-15/h6-10,15H,1-5H2. The lowest BCUT2D eigenvalue weighted by Gasteiger charge is -2.20. The Labute approximate surface area is 118 Å². The lowest BCUT2D eigenvalue weighted by Crippen LogP contribution is -2.07. The molecule has 19 heavy (non-hydrogen) atoms. The van der Waals surface area contributed by atoms with Crippen LogP contribution >= 0.6 is 11.8 Å². The van der Waals surface area contributed by atoms with Gasteiger partial charge in [-0.25, -0.2) is 0 Å². The van der Waals surface area contributed by atoms with E-state index in [1.807, 2.05) is 36.0 Å². The Balaban J connectivity index is 2.00. The third-order valence-electron chi connectivity index (χ3n) is 3.29. The van der Waals surface area contributed by atoms with E-state index in [0.29, 0.717) is 0 Å². The Morgan fingerprint density at radius 3 is 2.26 bits per heavy atom. The lowest BCUT2D eigenvalue weighted by molar-refractivity contribution is 0.516. The first kappa shape index (κ1) is 13.7. The summed E-state index contributed by atoms with van der Waals surface area (Å²) in [6, 6.07) is 11.9. The molecule has 1 saturated carbocycles. The summed E-state index contributed by atoms with van der Waals surface area (Å²) in [5.74, 6) is 0. The third-order valence-corrected chi connectivity index (χ3v) is 4.64. The van der Waals surface area contributed by atoms with Gasteiger partial charge in [0.25, 0.3) is 0 Å². The van der Waals surface area contributed by atoms with Crippen LogP contribution in [-0.2, 0) is 0 Å². The molecule has 0 heterocycles. The van der Waals surface area contributed by atoms with Crippen molar-refractivity contribution in [3.8, 4) is 12.1 Å². The maximum Gasteiger partial charge on any atom is 0.130 e. The number of allylic oxidation sites excluding steroid dienone is 1. The average Bonchev–Trinajstić information content (AvgIpc) is 2.47. The van der Waals surface area contributed by atoms with Crippen molar-refractivity contribution in [1.29, 1.82) is 10.5 Å².